The zero-order chi connectivity index (χ0) is 14.9. The minimum atomic E-state index is -0.412. The van der Waals surface area contributed by atoms with Crippen molar-refractivity contribution in [1.29, 1.82) is 0 Å². The molecule has 2 rings (SSSR count). The number of thioether (sulfide) groups is 1. The van der Waals surface area contributed by atoms with Crippen molar-refractivity contribution in [3.63, 3.8) is 0 Å². The largest absolute Gasteiger partial charge is 0.389 e. The molecular formula is C15H26N2O2S2. The number of ether oxygens (including phenoxy) is 1. The molecule has 1 saturated heterocycles. The molecule has 0 radical (unpaired) electrons. The lowest BCUT2D eigenvalue weighted by molar-refractivity contribution is 0.0380. The van der Waals surface area contributed by atoms with Gasteiger partial charge in [0.2, 0.25) is 0 Å². The van der Waals surface area contributed by atoms with Gasteiger partial charge in [-0.1, -0.05) is 0 Å². The van der Waals surface area contributed by atoms with Crippen LogP contribution in [0, 0.1) is 12.8 Å². The van der Waals surface area contributed by atoms with Gasteiger partial charge in [-0.05, 0) is 43.7 Å². The fourth-order valence-corrected chi connectivity index (χ4v) is 4.38. The van der Waals surface area contributed by atoms with Gasteiger partial charge in [0.25, 0.3) is 0 Å². The number of nitrogens with one attached hydrogen (secondary N) is 1. The number of thiazole rings is 1. The molecule has 1 aliphatic heterocycles. The van der Waals surface area contributed by atoms with E-state index in [9.17, 15) is 5.11 Å². The Balaban J connectivity index is 1.47. The maximum atomic E-state index is 9.89. The second-order valence-corrected chi connectivity index (χ2v) is 7.72. The Morgan fingerprint density at radius 2 is 2.29 bits per heavy atom. The van der Waals surface area contributed by atoms with Gasteiger partial charge in [0, 0.05) is 17.8 Å². The van der Waals surface area contributed by atoms with Crippen LogP contribution in [-0.2, 0) is 11.2 Å². The van der Waals surface area contributed by atoms with E-state index in [4.69, 9.17) is 4.74 Å². The first-order valence-electron chi connectivity index (χ1n) is 7.69. The summed E-state index contributed by atoms with van der Waals surface area (Å²) in [6, 6.07) is 0. The minimum absolute atomic E-state index is 0.408. The standard InChI is InChI=1S/C15H26N2O2S2/c1-12-15(21-11-17-12)2-5-19-10-14(18)9-16-8-13-3-6-20-7-4-13/h11,13-14,16,18H,2-10H2,1H3. The maximum absolute atomic E-state index is 9.89. The zero-order valence-electron chi connectivity index (χ0n) is 12.7. The number of aliphatic hydroxyl groups is 1. The normalized spacial score (nSPS) is 18.0. The highest BCUT2D eigenvalue weighted by Gasteiger charge is 2.13. The Morgan fingerprint density at radius 1 is 1.48 bits per heavy atom. The predicted molar refractivity (Wildman–Crippen MR) is 90.3 cm³/mol. The molecule has 0 aliphatic carbocycles. The summed E-state index contributed by atoms with van der Waals surface area (Å²) in [6.45, 7) is 4.74. The quantitative estimate of drug-likeness (QED) is 0.679. The highest BCUT2D eigenvalue weighted by molar-refractivity contribution is 7.99. The number of aromatic nitrogens is 1. The van der Waals surface area contributed by atoms with Crippen LogP contribution in [0.5, 0.6) is 0 Å². The van der Waals surface area contributed by atoms with E-state index in [1.807, 2.05) is 12.4 Å². The van der Waals surface area contributed by atoms with Crippen LogP contribution in [0.2, 0.25) is 0 Å². The first kappa shape index (κ1) is 17.2. The van der Waals surface area contributed by atoms with E-state index in [0.717, 1.165) is 24.6 Å². The van der Waals surface area contributed by atoms with E-state index in [1.54, 1.807) is 11.3 Å². The topological polar surface area (TPSA) is 54.4 Å². The maximum Gasteiger partial charge on any atom is 0.0897 e. The molecule has 1 atom stereocenters. The summed E-state index contributed by atoms with van der Waals surface area (Å²) in [5.74, 6) is 3.36. The monoisotopic (exact) mass is 330 g/mol. The van der Waals surface area contributed by atoms with Crippen molar-refractivity contribution in [1.82, 2.24) is 10.3 Å². The Bertz CT molecular complexity index is 395. The number of aryl methyl sites for hydroxylation is 1. The van der Waals surface area contributed by atoms with Crippen molar-refractivity contribution in [2.24, 2.45) is 5.92 Å². The lowest BCUT2D eigenvalue weighted by atomic mass is 10.0. The van der Waals surface area contributed by atoms with Crippen LogP contribution in [0.4, 0.5) is 0 Å². The molecule has 1 fully saturated rings. The van der Waals surface area contributed by atoms with E-state index in [2.05, 4.69) is 22.1 Å². The van der Waals surface area contributed by atoms with Gasteiger partial charge in [0.15, 0.2) is 0 Å². The Morgan fingerprint density at radius 3 is 3.00 bits per heavy atom. The van der Waals surface area contributed by atoms with Crippen LogP contribution in [-0.4, -0.2) is 54.0 Å². The van der Waals surface area contributed by atoms with Crippen molar-refractivity contribution in [3.05, 3.63) is 16.1 Å². The molecule has 1 aliphatic rings. The Labute approximate surface area is 135 Å². The van der Waals surface area contributed by atoms with Gasteiger partial charge in [-0.2, -0.15) is 11.8 Å². The molecule has 120 valence electrons. The molecule has 0 spiro atoms. The summed E-state index contributed by atoms with van der Waals surface area (Å²) in [6.07, 6.45) is 3.08. The first-order chi connectivity index (χ1) is 10.3. The Kier molecular flexibility index (Phi) is 8.03. The van der Waals surface area contributed by atoms with Crippen molar-refractivity contribution in [2.75, 3.05) is 37.8 Å². The summed E-state index contributed by atoms with van der Waals surface area (Å²) in [5, 5.41) is 13.3. The third-order valence-electron chi connectivity index (χ3n) is 3.78. The van der Waals surface area contributed by atoms with Gasteiger partial charge in [-0.25, -0.2) is 4.98 Å². The summed E-state index contributed by atoms with van der Waals surface area (Å²) in [4.78, 5) is 5.49. The molecule has 6 heteroatoms. The van der Waals surface area contributed by atoms with Gasteiger partial charge >= 0.3 is 0 Å². The molecule has 21 heavy (non-hydrogen) atoms. The van der Waals surface area contributed by atoms with Crippen molar-refractivity contribution in [3.8, 4) is 0 Å². The molecule has 1 aromatic rings. The van der Waals surface area contributed by atoms with Gasteiger partial charge in [-0.3, -0.25) is 0 Å². The van der Waals surface area contributed by atoms with Crippen LogP contribution in [0.15, 0.2) is 5.51 Å². The van der Waals surface area contributed by atoms with Gasteiger partial charge < -0.3 is 15.2 Å². The highest BCUT2D eigenvalue weighted by Crippen LogP contribution is 2.21. The summed E-state index contributed by atoms with van der Waals surface area (Å²) in [7, 11) is 0. The molecule has 0 aromatic carbocycles. The van der Waals surface area contributed by atoms with Crippen LogP contribution in [0.1, 0.15) is 23.4 Å². The van der Waals surface area contributed by atoms with Gasteiger partial charge in [-0.15, -0.1) is 11.3 Å². The zero-order valence-corrected chi connectivity index (χ0v) is 14.3. The van der Waals surface area contributed by atoms with Gasteiger partial charge in [0.05, 0.1) is 30.5 Å². The smallest absolute Gasteiger partial charge is 0.0897 e. The van der Waals surface area contributed by atoms with E-state index in [0.29, 0.717) is 19.8 Å². The van der Waals surface area contributed by atoms with E-state index in [-0.39, 0.29) is 0 Å². The third-order valence-corrected chi connectivity index (χ3v) is 5.83. The molecular weight excluding hydrogens is 304 g/mol. The second-order valence-electron chi connectivity index (χ2n) is 5.55. The molecule has 0 amide bonds. The van der Waals surface area contributed by atoms with Crippen LogP contribution in [0.25, 0.3) is 0 Å². The fraction of sp³-hybridized carbons (Fsp3) is 0.800. The lowest BCUT2D eigenvalue weighted by Crippen LogP contribution is -2.34. The highest BCUT2D eigenvalue weighted by atomic mass is 32.2. The minimum Gasteiger partial charge on any atom is -0.389 e. The molecule has 4 nitrogen and oxygen atoms in total. The number of rotatable bonds is 9. The van der Waals surface area contributed by atoms with E-state index >= 15 is 0 Å². The summed E-state index contributed by atoms with van der Waals surface area (Å²) >= 11 is 3.72. The Hall–Kier alpha value is -0.140. The second kappa shape index (κ2) is 9.79. The molecule has 2 heterocycles. The third kappa shape index (κ3) is 6.65. The fourth-order valence-electron chi connectivity index (χ4n) is 2.41. The number of hydrogen-bond acceptors (Lipinski definition) is 6. The van der Waals surface area contributed by atoms with E-state index < -0.39 is 6.10 Å². The number of nitrogens with zero attached hydrogens (tertiary/aromatic N) is 1. The van der Waals surface area contributed by atoms with Crippen molar-refractivity contribution >= 4 is 23.1 Å². The molecule has 2 N–H and O–H groups in total. The van der Waals surface area contributed by atoms with Crippen molar-refractivity contribution < 1.29 is 9.84 Å². The van der Waals surface area contributed by atoms with Crippen LogP contribution < -0.4 is 5.32 Å². The predicted octanol–water partition coefficient (Wildman–Crippen LogP) is 2.10. The molecule has 0 saturated carbocycles. The first-order valence-corrected chi connectivity index (χ1v) is 9.72. The van der Waals surface area contributed by atoms with Crippen LogP contribution in [0.3, 0.4) is 0 Å². The van der Waals surface area contributed by atoms with Crippen LogP contribution >= 0.6 is 23.1 Å². The van der Waals surface area contributed by atoms with E-state index in [1.165, 1.54) is 29.2 Å². The molecule has 1 aromatic heterocycles. The number of hydrogen-bond donors (Lipinski definition) is 2. The molecule has 0 bridgehead atoms. The summed E-state index contributed by atoms with van der Waals surface area (Å²) in [5.41, 5.74) is 2.96. The number of aliphatic hydroxyl groups excluding tert-OH is 1. The lowest BCUT2D eigenvalue weighted by Gasteiger charge is -2.22. The SMILES string of the molecule is Cc1ncsc1CCOCC(O)CNCC1CCSCC1. The van der Waals surface area contributed by atoms with Crippen molar-refractivity contribution in [2.45, 2.75) is 32.3 Å². The average Bonchev–Trinajstić information content (AvgIpc) is 2.90. The summed E-state index contributed by atoms with van der Waals surface area (Å²) < 4.78 is 5.55. The average molecular weight is 331 g/mol. The van der Waals surface area contributed by atoms with Gasteiger partial charge in [0.1, 0.15) is 0 Å². The molecule has 1 unspecified atom stereocenters.